The van der Waals surface area contributed by atoms with Crippen molar-refractivity contribution in [3.63, 3.8) is 0 Å². The van der Waals surface area contributed by atoms with Crippen molar-refractivity contribution in [3.05, 3.63) is 17.8 Å². The SMILES string of the molecule is CC(C)COCCOc1ncc(C#N)cc1N. The predicted molar refractivity (Wildman–Crippen MR) is 64.5 cm³/mol. The molecule has 1 aromatic heterocycles. The highest BCUT2D eigenvalue weighted by Crippen LogP contribution is 2.18. The monoisotopic (exact) mass is 235 g/mol. The van der Waals surface area contributed by atoms with Crippen LogP contribution in [0.15, 0.2) is 12.3 Å². The lowest BCUT2D eigenvalue weighted by Crippen LogP contribution is -2.11. The van der Waals surface area contributed by atoms with Crippen molar-refractivity contribution in [2.24, 2.45) is 5.92 Å². The van der Waals surface area contributed by atoms with E-state index in [0.717, 1.165) is 0 Å². The van der Waals surface area contributed by atoms with E-state index >= 15 is 0 Å². The first-order valence-corrected chi connectivity index (χ1v) is 5.49. The van der Waals surface area contributed by atoms with Crippen LogP contribution in [0.25, 0.3) is 0 Å². The van der Waals surface area contributed by atoms with Crippen LogP contribution in [-0.2, 0) is 4.74 Å². The van der Waals surface area contributed by atoms with Gasteiger partial charge in [-0.15, -0.1) is 0 Å². The van der Waals surface area contributed by atoms with Crippen LogP contribution >= 0.6 is 0 Å². The molecular weight excluding hydrogens is 218 g/mol. The summed E-state index contributed by atoms with van der Waals surface area (Å²) in [6.07, 6.45) is 1.43. The Morgan fingerprint density at radius 1 is 1.47 bits per heavy atom. The second-order valence-corrected chi connectivity index (χ2v) is 4.05. The average molecular weight is 235 g/mol. The molecule has 92 valence electrons. The fourth-order valence-corrected chi connectivity index (χ4v) is 1.17. The Morgan fingerprint density at radius 3 is 2.82 bits per heavy atom. The molecule has 1 heterocycles. The number of hydrogen-bond donors (Lipinski definition) is 1. The molecule has 0 fully saturated rings. The van der Waals surface area contributed by atoms with E-state index in [2.05, 4.69) is 18.8 Å². The Balaban J connectivity index is 2.35. The Bertz CT molecular complexity index is 399. The molecule has 0 bridgehead atoms. The molecule has 17 heavy (non-hydrogen) atoms. The molecular formula is C12H17N3O2. The lowest BCUT2D eigenvalue weighted by Gasteiger charge is -2.09. The number of pyridine rings is 1. The lowest BCUT2D eigenvalue weighted by molar-refractivity contribution is 0.0808. The first kappa shape index (κ1) is 13.3. The number of anilines is 1. The minimum absolute atomic E-state index is 0.345. The lowest BCUT2D eigenvalue weighted by atomic mass is 10.2. The van der Waals surface area contributed by atoms with Gasteiger partial charge in [-0.25, -0.2) is 4.98 Å². The molecule has 5 nitrogen and oxygen atoms in total. The van der Waals surface area contributed by atoms with Crippen LogP contribution in [-0.4, -0.2) is 24.8 Å². The Labute approximate surface area is 101 Å². The van der Waals surface area contributed by atoms with Gasteiger partial charge in [0.15, 0.2) is 0 Å². The summed E-state index contributed by atoms with van der Waals surface area (Å²) in [5.41, 5.74) is 6.47. The van der Waals surface area contributed by atoms with Gasteiger partial charge in [0.2, 0.25) is 5.88 Å². The van der Waals surface area contributed by atoms with E-state index in [1.165, 1.54) is 12.3 Å². The van der Waals surface area contributed by atoms with Crippen LogP contribution in [0.5, 0.6) is 5.88 Å². The summed E-state index contributed by atoms with van der Waals surface area (Å²) in [6, 6.07) is 3.50. The summed E-state index contributed by atoms with van der Waals surface area (Å²) in [6.45, 7) is 5.77. The predicted octanol–water partition coefficient (Wildman–Crippen LogP) is 1.59. The molecule has 0 radical (unpaired) electrons. The maximum Gasteiger partial charge on any atom is 0.237 e. The highest BCUT2D eigenvalue weighted by atomic mass is 16.5. The third-order valence-corrected chi connectivity index (χ3v) is 1.93. The Kier molecular flexibility index (Phi) is 5.24. The number of nitrogens with zero attached hydrogens (tertiary/aromatic N) is 2. The van der Waals surface area contributed by atoms with E-state index in [0.29, 0.717) is 42.9 Å². The van der Waals surface area contributed by atoms with Gasteiger partial charge in [-0.05, 0) is 12.0 Å². The molecule has 5 heteroatoms. The molecule has 0 unspecified atom stereocenters. The molecule has 0 amide bonds. The maximum atomic E-state index is 8.64. The van der Waals surface area contributed by atoms with Gasteiger partial charge in [0, 0.05) is 12.8 Å². The van der Waals surface area contributed by atoms with E-state index in [9.17, 15) is 0 Å². The number of ether oxygens (including phenoxy) is 2. The normalized spacial score (nSPS) is 10.2. The van der Waals surface area contributed by atoms with Crippen molar-refractivity contribution in [3.8, 4) is 11.9 Å². The summed E-state index contributed by atoms with van der Waals surface area (Å²) in [7, 11) is 0. The fourth-order valence-electron chi connectivity index (χ4n) is 1.17. The van der Waals surface area contributed by atoms with E-state index in [1.54, 1.807) is 0 Å². The van der Waals surface area contributed by atoms with Gasteiger partial charge < -0.3 is 15.2 Å². The maximum absolute atomic E-state index is 8.64. The largest absolute Gasteiger partial charge is 0.474 e. The number of nitrogen functional groups attached to an aromatic ring is 1. The summed E-state index contributed by atoms with van der Waals surface area (Å²) >= 11 is 0. The van der Waals surface area contributed by atoms with Crippen LogP contribution < -0.4 is 10.5 Å². The quantitative estimate of drug-likeness (QED) is 0.757. The van der Waals surface area contributed by atoms with Crippen molar-refractivity contribution in [2.45, 2.75) is 13.8 Å². The zero-order chi connectivity index (χ0) is 12.7. The number of aromatic nitrogens is 1. The number of rotatable bonds is 6. The van der Waals surface area contributed by atoms with Crippen molar-refractivity contribution in [1.29, 1.82) is 5.26 Å². The van der Waals surface area contributed by atoms with Crippen LogP contribution in [0.4, 0.5) is 5.69 Å². The number of nitrogens with two attached hydrogens (primary N) is 1. The fraction of sp³-hybridized carbons (Fsp3) is 0.500. The smallest absolute Gasteiger partial charge is 0.237 e. The minimum atomic E-state index is 0.345. The third-order valence-electron chi connectivity index (χ3n) is 1.93. The highest BCUT2D eigenvalue weighted by molar-refractivity contribution is 5.51. The van der Waals surface area contributed by atoms with Crippen molar-refractivity contribution in [2.75, 3.05) is 25.6 Å². The second kappa shape index (κ2) is 6.71. The van der Waals surface area contributed by atoms with Gasteiger partial charge in [-0.1, -0.05) is 13.8 Å². The zero-order valence-electron chi connectivity index (χ0n) is 10.1. The van der Waals surface area contributed by atoms with Crippen LogP contribution in [0, 0.1) is 17.2 Å². The molecule has 0 saturated heterocycles. The molecule has 2 N–H and O–H groups in total. The summed E-state index contributed by atoms with van der Waals surface area (Å²) in [5, 5.41) is 8.64. The van der Waals surface area contributed by atoms with Gasteiger partial charge >= 0.3 is 0 Å². The highest BCUT2D eigenvalue weighted by Gasteiger charge is 2.03. The van der Waals surface area contributed by atoms with Gasteiger partial charge in [0.25, 0.3) is 0 Å². The molecule has 0 aliphatic carbocycles. The van der Waals surface area contributed by atoms with Crippen LogP contribution in [0.1, 0.15) is 19.4 Å². The molecule has 0 aliphatic rings. The summed E-state index contributed by atoms with van der Waals surface area (Å²) in [5.74, 6) is 0.852. The molecule has 0 saturated carbocycles. The standard InChI is InChI=1S/C12H17N3O2/c1-9(2)8-16-3-4-17-12-11(14)5-10(6-13)7-15-12/h5,7,9H,3-4,8,14H2,1-2H3. The van der Waals surface area contributed by atoms with E-state index in [1.807, 2.05) is 6.07 Å². The first-order valence-electron chi connectivity index (χ1n) is 5.49. The average Bonchev–Trinajstić information content (AvgIpc) is 2.30. The second-order valence-electron chi connectivity index (χ2n) is 4.05. The number of hydrogen-bond acceptors (Lipinski definition) is 5. The van der Waals surface area contributed by atoms with E-state index in [-0.39, 0.29) is 0 Å². The number of nitriles is 1. The van der Waals surface area contributed by atoms with Gasteiger partial charge in [0.1, 0.15) is 12.7 Å². The van der Waals surface area contributed by atoms with E-state index in [4.69, 9.17) is 20.5 Å². The van der Waals surface area contributed by atoms with Gasteiger partial charge in [0.05, 0.1) is 17.9 Å². The third kappa shape index (κ3) is 4.70. The molecule has 1 rings (SSSR count). The Hall–Kier alpha value is -1.80. The summed E-state index contributed by atoms with van der Waals surface area (Å²) < 4.78 is 10.7. The molecule has 0 atom stereocenters. The molecule has 0 spiro atoms. The Morgan fingerprint density at radius 2 is 2.24 bits per heavy atom. The zero-order valence-corrected chi connectivity index (χ0v) is 10.1. The van der Waals surface area contributed by atoms with Crippen LogP contribution in [0.3, 0.4) is 0 Å². The van der Waals surface area contributed by atoms with E-state index < -0.39 is 0 Å². The topological polar surface area (TPSA) is 81.2 Å². The minimum Gasteiger partial charge on any atom is -0.474 e. The van der Waals surface area contributed by atoms with Gasteiger partial charge in [-0.3, -0.25) is 0 Å². The van der Waals surface area contributed by atoms with Crippen LogP contribution in [0.2, 0.25) is 0 Å². The van der Waals surface area contributed by atoms with Gasteiger partial charge in [-0.2, -0.15) is 5.26 Å². The van der Waals surface area contributed by atoms with Crippen molar-refractivity contribution < 1.29 is 9.47 Å². The molecule has 0 aliphatic heterocycles. The summed E-state index contributed by atoms with van der Waals surface area (Å²) in [4.78, 5) is 3.96. The van der Waals surface area contributed by atoms with Crippen molar-refractivity contribution >= 4 is 5.69 Å². The van der Waals surface area contributed by atoms with Crippen molar-refractivity contribution in [1.82, 2.24) is 4.98 Å². The molecule has 1 aromatic rings. The first-order chi connectivity index (χ1) is 8.13. The molecule has 0 aromatic carbocycles.